The zero-order valence-electron chi connectivity index (χ0n) is 14.7. The highest BCUT2D eigenvalue weighted by molar-refractivity contribution is 14.0. The Morgan fingerprint density at radius 1 is 1.16 bits per heavy atom. The Labute approximate surface area is 170 Å². The van der Waals surface area contributed by atoms with Crippen LogP contribution in [-0.2, 0) is 13.1 Å². The number of nitrogens with zero attached hydrogens (tertiary/aromatic N) is 4. The van der Waals surface area contributed by atoms with Crippen LogP contribution in [0.25, 0.3) is 0 Å². The van der Waals surface area contributed by atoms with Gasteiger partial charge in [0.25, 0.3) is 0 Å². The number of aryl methyl sites for hydroxylation is 1. The third kappa shape index (κ3) is 5.81. The first-order valence-electron chi connectivity index (χ1n) is 8.30. The summed E-state index contributed by atoms with van der Waals surface area (Å²) in [5, 5.41) is 7.66. The van der Waals surface area contributed by atoms with Crippen LogP contribution in [0.15, 0.2) is 29.5 Å². The number of aromatic nitrogens is 2. The van der Waals surface area contributed by atoms with Gasteiger partial charge in [0.15, 0.2) is 5.96 Å². The van der Waals surface area contributed by atoms with Gasteiger partial charge in [0, 0.05) is 44.0 Å². The Balaban J connectivity index is 0.00000225. The maximum atomic E-state index is 4.58. The number of pyridine rings is 1. The molecule has 1 aliphatic rings. The lowest BCUT2D eigenvalue weighted by Gasteiger charge is -2.16. The molecule has 0 aliphatic carbocycles. The van der Waals surface area contributed by atoms with Crippen LogP contribution in [0.3, 0.4) is 0 Å². The van der Waals surface area contributed by atoms with Crippen molar-refractivity contribution in [3.63, 3.8) is 0 Å². The summed E-state index contributed by atoms with van der Waals surface area (Å²) in [7, 11) is 1.77. The minimum absolute atomic E-state index is 0. The van der Waals surface area contributed by atoms with Gasteiger partial charge in [-0.25, -0.2) is 9.97 Å². The number of thiazole rings is 1. The predicted molar refractivity (Wildman–Crippen MR) is 115 cm³/mol. The van der Waals surface area contributed by atoms with Crippen molar-refractivity contribution < 1.29 is 0 Å². The van der Waals surface area contributed by atoms with Crippen molar-refractivity contribution in [1.29, 1.82) is 0 Å². The molecule has 1 aliphatic heterocycles. The molecule has 0 saturated carbocycles. The zero-order valence-corrected chi connectivity index (χ0v) is 17.8. The minimum Gasteiger partial charge on any atom is -0.357 e. The van der Waals surface area contributed by atoms with E-state index in [0.29, 0.717) is 13.1 Å². The summed E-state index contributed by atoms with van der Waals surface area (Å²) in [6, 6.07) is 4.24. The normalized spacial score (nSPS) is 14.3. The highest BCUT2D eigenvalue weighted by Gasteiger charge is 2.12. The molecular formula is C17H25IN6S. The van der Waals surface area contributed by atoms with Crippen molar-refractivity contribution in [3.8, 4) is 0 Å². The van der Waals surface area contributed by atoms with Crippen molar-refractivity contribution in [2.45, 2.75) is 32.9 Å². The average molecular weight is 472 g/mol. The molecule has 2 aromatic rings. The number of nitrogens with one attached hydrogen (secondary N) is 2. The first-order valence-corrected chi connectivity index (χ1v) is 9.12. The standard InChI is InChI=1S/C17H24N6S.HI/c1-13-9-20-16(24-13)12-22-17(18-2)21-11-14-5-6-15(19-10-14)23-7-3-4-8-23;/h5-6,9-10H,3-4,7-8,11-12H2,1-2H3,(H2,18,21,22);1H. The molecule has 3 heterocycles. The Kier molecular flexibility index (Phi) is 7.89. The SMILES string of the molecule is CN=C(NCc1ccc(N2CCCC2)nc1)NCc1ncc(C)s1.I. The fraction of sp³-hybridized carbons (Fsp3) is 0.471. The fourth-order valence-electron chi connectivity index (χ4n) is 2.70. The Morgan fingerprint density at radius 2 is 1.92 bits per heavy atom. The molecule has 0 atom stereocenters. The molecule has 3 rings (SSSR count). The first-order chi connectivity index (χ1) is 11.7. The van der Waals surface area contributed by atoms with E-state index in [0.717, 1.165) is 35.4 Å². The molecule has 25 heavy (non-hydrogen) atoms. The van der Waals surface area contributed by atoms with E-state index in [2.05, 4.69) is 49.6 Å². The van der Waals surface area contributed by atoms with Gasteiger partial charge in [0.2, 0.25) is 0 Å². The topological polar surface area (TPSA) is 65.4 Å². The molecule has 0 bridgehead atoms. The third-order valence-corrected chi connectivity index (χ3v) is 4.91. The zero-order chi connectivity index (χ0) is 16.8. The molecule has 6 nitrogen and oxygen atoms in total. The van der Waals surface area contributed by atoms with Crippen molar-refractivity contribution in [3.05, 3.63) is 40.0 Å². The molecule has 1 saturated heterocycles. The van der Waals surface area contributed by atoms with Crippen molar-refractivity contribution in [1.82, 2.24) is 20.6 Å². The number of anilines is 1. The Bertz CT molecular complexity index is 679. The Hall–Kier alpha value is -1.42. The van der Waals surface area contributed by atoms with Crippen LogP contribution in [0.2, 0.25) is 0 Å². The number of rotatable bonds is 5. The number of hydrogen-bond donors (Lipinski definition) is 2. The van der Waals surface area contributed by atoms with E-state index in [1.54, 1.807) is 18.4 Å². The molecule has 0 aromatic carbocycles. The molecular weight excluding hydrogens is 447 g/mol. The monoisotopic (exact) mass is 472 g/mol. The summed E-state index contributed by atoms with van der Waals surface area (Å²) < 4.78 is 0. The highest BCUT2D eigenvalue weighted by atomic mass is 127. The summed E-state index contributed by atoms with van der Waals surface area (Å²) >= 11 is 1.70. The fourth-order valence-corrected chi connectivity index (χ4v) is 3.43. The van der Waals surface area contributed by atoms with E-state index in [9.17, 15) is 0 Å². The second kappa shape index (κ2) is 9.91. The summed E-state index contributed by atoms with van der Waals surface area (Å²) in [4.78, 5) is 16.7. The van der Waals surface area contributed by atoms with Gasteiger partial charge in [0.05, 0.1) is 6.54 Å². The minimum atomic E-state index is 0. The lowest BCUT2D eigenvalue weighted by atomic mass is 10.3. The van der Waals surface area contributed by atoms with E-state index in [1.165, 1.54) is 17.7 Å². The Morgan fingerprint density at radius 3 is 2.52 bits per heavy atom. The van der Waals surface area contributed by atoms with Crippen molar-refractivity contribution in [2.75, 3.05) is 25.0 Å². The van der Waals surface area contributed by atoms with Gasteiger partial charge in [0.1, 0.15) is 10.8 Å². The molecule has 2 N–H and O–H groups in total. The van der Waals surface area contributed by atoms with Crippen LogP contribution in [0.4, 0.5) is 5.82 Å². The van der Waals surface area contributed by atoms with Gasteiger partial charge in [-0.2, -0.15) is 0 Å². The predicted octanol–water partition coefficient (Wildman–Crippen LogP) is 2.93. The van der Waals surface area contributed by atoms with E-state index >= 15 is 0 Å². The van der Waals surface area contributed by atoms with Crippen LogP contribution in [0.5, 0.6) is 0 Å². The van der Waals surface area contributed by atoms with Crippen LogP contribution in [-0.4, -0.2) is 36.1 Å². The average Bonchev–Trinajstić information content (AvgIpc) is 3.27. The quantitative estimate of drug-likeness (QED) is 0.398. The second-order valence-electron chi connectivity index (χ2n) is 5.86. The maximum absolute atomic E-state index is 4.58. The smallest absolute Gasteiger partial charge is 0.191 e. The number of hydrogen-bond acceptors (Lipinski definition) is 5. The molecule has 0 amide bonds. The van der Waals surface area contributed by atoms with Crippen molar-refractivity contribution >= 4 is 47.1 Å². The second-order valence-corrected chi connectivity index (χ2v) is 7.18. The lowest BCUT2D eigenvalue weighted by molar-refractivity contribution is 0.802. The number of halogens is 1. The van der Waals surface area contributed by atoms with Crippen LogP contribution in [0.1, 0.15) is 28.3 Å². The lowest BCUT2D eigenvalue weighted by Crippen LogP contribution is -2.36. The van der Waals surface area contributed by atoms with Gasteiger partial charge < -0.3 is 15.5 Å². The van der Waals surface area contributed by atoms with E-state index < -0.39 is 0 Å². The van der Waals surface area contributed by atoms with E-state index in [4.69, 9.17) is 0 Å². The number of aliphatic imine (C=N–C) groups is 1. The van der Waals surface area contributed by atoms with E-state index in [1.807, 2.05) is 12.4 Å². The van der Waals surface area contributed by atoms with Gasteiger partial charge in [-0.15, -0.1) is 35.3 Å². The van der Waals surface area contributed by atoms with Crippen LogP contribution >= 0.6 is 35.3 Å². The van der Waals surface area contributed by atoms with Gasteiger partial charge in [-0.1, -0.05) is 6.07 Å². The molecule has 2 aromatic heterocycles. The number of guanidine groups is 1. The molecule has 0 unspecified atom stereocenters. The molecule has 1 fully saturated rings. The van der Waals surface area contributed by atoms with E-state index in [-0.39, 0.29) is 24.0 Å². The molecule has 0 spiro atoms. The largest absolute Gasteiger partial charge is 0.357 e. The third-order valence-electron chi connectivity index (χ3n) is 4.00. The van der Waals surface area contributed by atoms with Gasteiger partial charge in [-0.3, -0.25) is 4.99 Å². The first kappa shape index (κ1) is 19.9. The highest BCUT2D eigenvalue weighted by Crippen LogP contribution is 2.17. The van der Waals surface area contributed by atoms with Gasteiger partial charge in [-0.05, 0) is 31.4 Å². The molecule has 8 heteroatoms. The molecule has 0 radical (unpaired) electrons. The van der Waals surface area contributed by atoms with Crippen LogP contribution in [0, 0.1) is 6.92 Å². The maximum Gasteiger partial charge on any atom is 0.191 e. The van der Waals surface area contributed by atoms with Gasteiger partial charge >= 0.3 is 0 Å². The van der Waals surface area contributed by atoms with Crippen molar-refractivity contribution in [2.24, 2.45) is 4.99 Å². The van der Waals surface area contributed by atoms with Crippen LogP contribution < -0.4 is 15.5 Å². The molecule has 136 valence electrons. The summed E-state index contributed by atoms with van der Waals surface area (Å²) in [5.41, 5.74) is 1.14. The summed E-state index contributed by atoms with van der Waals surface area (Å²) in [5.74, 6) is 1.85. The summed E-state index contributed by atoms with van der Waals surface area (Å²) in [6.07, 6.45) is 6.38. The summed E-state index contributed by atoms with van der Waals surface area (Å²) in [6.45, 7) is 5.69.